The number of Topliss-reactive ketones (excluding diaryl/α,β-unsaturated/α-hetero) is 1. The normalized spacial score (nSPS) is 24.0. The number of phenols is 1. The number of hydrogen-bond donors (Lipinski definition) is 2. The summed E-state index contributed by atoms with van der Waals surface area (Å²) in [5, 5.41) is 21.1. The molecule has 2 saturated heterocycles. The molecule has 0 radical (unpaired) electrons. The Balaban J connectivity index is 1.47. The molecule has 8 nitrogen and oxygen atoms in total. The Kier molecular flexibility index (Phi) is 6.49. The molecule has 0 spiro atoms. The van der Waals surface area contributed by atoms with Gasteiger partial charge in [-0.05, 0) is 54.8 Å². The highest BCUT2D eigenvalue weighted by atomic mass is 16.5. The number of aromatic hydroxyl groups is 1. The van der Waals surface area contributed by atoms with Crippen LogP contribution in [-0.4, -0.2) is 77.2 Å². The van der Waals surface area contributed by atoms with Crippen molar-refractivity contribution in [2.45, 2.75) is 31.9 Å². The van der Waals surface area contributed by atoms with E-state index in [0.717, 1.165) is 30.9 Å². The first-order chi connectivity index (χ1) is 16.9. The number of nitrogens with zero attached hydrogens (tertiary/aromatic N) is 2. The number of fused-ring (bicyclic) bond motifs is 1. The lowest BCUT2D eigenvalue weighted by molar-refractivity contribution is -0.140. The maximum absolute atomic E-state index is 13.2. The zero-order chi connectivity index (χ0) is 24.5. The number of rotatable bonds is 6. The van der Waals surface area contributed by atoms with E-state index in [1.807, 2.05) is 13.0 Å². The van der Waals surface area contributed by atoms with Crippen LogP contribution in [0.3, 0.4) is 0 Å². The summed E-state index contributed by atoms with van der Waals surface area (Å²) < 4.78 is 11.2. The van der Waals surface area contributed by atoms with Crippen molar-refractivity contribution in [1.29, 1.82) is 0 Å². The monoisotopic (exact) mass is 478 g/mol. The first-order valence-electron chi connectivity index (χ1n) is 12.1. The van der Waals surface area contributed by atoms with E-state index < -0.39 is 17.7 Å². The molecule has 0 saturated carbocycles. The Morgan fingerprint density at radius 2 is 1.80 bits per heavy atom. The van der Waals surface area contributed by atoms with Crippen LogP contribution in [0.2, 0.25) is 0 Å². The van der Waals surface area contributed by atoms with Crippen LogP contribution in [0.5, 0.6) is 11.5 Å². The zero-order valence-corrected chi connectivity index (χ0v) is 19.8. The van der Waals surface area contributed by atoms with Gasteiger partial charge in [0.2, 0.25) is 0 Å². The van der Waals surface area contributed by atoms with E-state index in [2.05, 4.69) is 4.90 Å². The lowest BCUT2D eigenvalue weighted by Crippen LogP contribution is -2.38. The van der Waals surface area contributed by atoms with Gasteiger partial charge < -0.3 is 24.6 Å². The van der Waals surface area contributed by atoms with Crippen LogP contribution in [0.25, 0.3) is 5.76 Å². The Labute approximate surface area is 204 Å². The molecular weight excluding hydrogens is 448 g/mol. The molecule has 5 rings (SSSR count). The predicted octanol–water partition coefficient (Wildman–Crippen LogP) is 2.86. The Morgan fingerprint density at radius 1 is 1.06 bits per heavy atom. The topological polar surface area (TPSA) is 99.5 Å². The number of aliphatic hydroxyl groups excluding tert-OH is 1. The molecule has 3 aliphatic rings. The summed E-state index contributed by atoms with van der Waals surface area (Å²) in [6, 6.07) is 11.0. The largest absolute Gasteiger partial charge is 0.508 e. The van der Waals surface area contributed by atoms with Gasteiger partial charge in [-0.25, -0.2) is 0 Å². The average molecular weight is 479 g/mol. The zero-order valence-electron chi connectivity index (χ0n) is 19.8. The number of carbonyl (C=O) groups excluding carboxylic acids is 2. The predicted molar refractivity (Wildman–Crippen MR) is 129 cm³/mol. The van der Waals surface area contributed by atoms with E-state index in [4.69, 9.17) is 9.47 Å². The van der Waals surface area contributed by atoms with Crippen molar-refractivity contribution < 1.29 is 29.3 Å². The molecule has 184 valence electrons. The van der Waals surface area contributed by atoms with Gasteiger partial charge in [0.1, 0.15) is 23.4 Å². The molecule has 2 aromatic carbocycles. The molecule has 8 heteroatoms. The van der Waals surface area contributed by atoms with Crippen LogP contribution >= 0.6 is 0 Å². The molecule has 1 amide bonds. The number of likely N-dealkylation sites (tertiary alicyclic amines) is 1. The van der Waals surface area contributed by atoms with Crippen molar-refractivity contribution in [1.82, 2.24) is 9.80 Å². The fraction of sp³-hybridized carbons (Fsp3) is 0.407. The van der Waals surface area contributed by atoms with Gasteiger partial charge in [0.05, 0.1) is 24.8 Å². The summed E-state index contributed by atoms with van der Waals surface area (Å²) in [6.07, 6.45) is 1.46. The molecule has 2 fully saturated rings. The summed E-state index contributed by atoms with van der Waals surface area (Å²) in [5.74, 6) is -0.653. The number of aliphatic hydroxyl groups is 1. The van der Waals surface area contributed by atoms with Crippen LogP contribution in [-0.2, 0) is 20.7 Å². The van der Waals surface area contributed by atoms with Crippen molar-refractivity contribution >= 4 is 17.4 Å². The molecule has 0 aliphatic carbocycles. The third-order valence-electron chi connectivity index (χ3n) is 6.90. The number of carbonyl (C=O) groups is 2. The molecule has 3 heterocycles. The van der Waals surface area contributed by atoms with Gasteiger partial charge in [-0.15, -0.1) is 0 Å². The Bertz CT molecular complexity index is 1150. The van der Waals surface area contributed by atoms with Crippen LogP contribution in [0.4, 0.5) is 0 Å². The van der Waals surface area contributed by atoms with Crippen LogP contribution in [0.15, 0.2) is 48.0 Å². The average Bonchev–Trinajstić information content (AvgIpc) is 3.36. The molecule has 0 bridgehead atoms. The van der Waals surface area contributed by atoms with Crippen LogP contribution < -0.4 is 4.74 Å². The quantitative estimate of drug-likeness (QED) is 0.374. The van der Waals surface area contributed by atoms with Crippen molar-refractivity contribution in [2.24, 2.45) is 0 Å². The van der Waals surface area contributed by atoms with E-state index >= 15 is 0 Å². The number of ether oxygens (including phenoxy) is 2. The summed E-state index contributed by atoms with van der Waals surface area (Å²) in [5.41, 5.74) is 2.17. The lowest BCUT2D eigenvalue weighted by atomic mass is 9.94. The van der Waals surface area contributed by atoms with E-state index in [9.17, 15) is 19.8 Å². The second-order valence-corrected chi connectivity index (χ2v) is 9.35. The highest BCUT2D eigenvalue weighted by Crippen LogP contribution is 2.41. The van der Waals surface area contributed by atoms with Gasteiger partial charge in [0.25, 0.3) is 11.7 Å². The second kappa shape index (κ2) is 9.71. The maximum atomic E-state index is 13.2. The summed E-state index contributed by atoms with van der Waals surface area (Å²) in [7, 11) is 0. The first-order valence-corrected chi connectivity index (χ1v) is 12.1. The second-order valence-electron chi connectivity index (χ2n) is 9.35. The summed E-state index contributed by atoms with van der Waals surface area (Å²) >= 11 is 0. The number of ketones is 1. The first kappa shape index (κ1) is 23.4. The number of phenolic OH excluding ortho intramolecular Hbond substituents is 1. The summed E-state index contributed by atoms with van der Waals surface area (Å²) in [6.45, 7) is 6.23. The van der Waals surface area contributed by atoms with Crippen molar-refractivity contribution in [2.75, 3.05) is 39.4 Å². The molecule has 2 aromatic rings. The van der Waals surface area contributed by atoms with E-state index in [-0.39, 0.29) is 23.2 Å². The number of amides is 1. The van der Waals surface area contributed by atoms with E-state index in [1.54, 1.807) is 29.2 Å². The van der Waals surface area contributed by atoms with Crippen LogP contribution in [0.1, 0.15) is 36.1 Å². The third-order valence-corrected chi connectivity index (χ3v) is 6.90. The third kappa shape index (κ3) is 4.63. The number of benzene rings is 2. The van der Waals surface area contributed by atoms with Crippen molar-refractivity contribution in [3.8, 4) is 11.5 Å². The molecule has 35 heavy (non-hydrogen) atoms. The standard InChI is InChI=1S/C27H30N2O6/c1-17-15-20-16-19(5-8-22(20)35-17)25(31)23-24(18-3-6-21(30)7-4-18)29(27(33)26(23)32)10-2-9-28-11-13-34-14-12-28/h3-8,16-17,24,30-31H,2,9-15H2,1H3. The van der Waals surface area contributed by atoms with Gasteiger partial charge in [0, 0.05) is 38.2 Å². The van der Waals surface area contributed by atoms with Crippen molar-refractivity contribution in [3.63, 3.8) is 0 Å². The Morgan fingerprint density at radius 3 is 2.54 bits per heavy atom. The van der Waals surface area contributed by atoms with Gasteiger partial charge in [-0.3, -0.25) is 14.5 Å². The van der Waals surface area contributed by atoms with Gasteiger partial charge in [-0.1, -0.05) is 12.1 Å². The lowest BCUT2D eigenvalue weighted by Gasteiger charge is -2.29. The minimum atomic E-state index is -0.733. The molecule has 3 aliphatic heterocycles. The van der Waals surface area contributed by atoms with Gasteiger partial charge in [0.15, 0.2) is 0 Å². The van der Waals surface area contributed by atoms with Gasteiger partial charge in [-0.2, -0.15) is 0 Å². The highest BCUT2D eigenvalue weighted by Gasteiger charge is 2.46. The molecule has 0 aromatic heterocycles. The molecule has 2 N–H and O–H groups in total. The van der Waals surface area contributed by atoms with E-state index in [1.165, 1.54) is 12.1 Å². The van der Waals surface area contributed by atoms with Crippen LogP contribution in [0, 0.1) is 0 Å². The van der Waals surface area contributed by atoms with Crippen molar-refractivity contribution in [3.05, 3.63) is 64.7 Å². The number of morpholine rings is 1. The SMILES string of the molecule is CC1Cc2cc(C(O)=C3C(=O)C(=O)N(CCCN4CCOCC4)C3c3ccc(O)cc3)ccc2O1. The summed E-state index contributed by atoms with van der Waals surface area (Å²) in [4.78, 5) is 30.2. The fourth-order valence-electron chi connectivity index (χ4n) is 5.13. The minimum absolute atomic E-state index is 0.0523. The smallest absolute Gasteiger partial charge is 0.295 e. The maximum Gasteiger partial charge on any atom is 0.295 e. The molecular formula is C27H30N2O6. The highest BCUT2D eigenvalue weighted by molar-refractivity contribution is 6.46. The number of hydrogen-bond acceptors (Lipinski definition) is 7. The molecule has 2 atom stereocenters. The molecule has 2 unspecified atom stereocenters. The Hall–Kier alpha value is -3.36. The van der Waals surface area contributed by atoms with Gasteiger partial charge >= 0.3 is 0 Å². The minimum Gasteiger partial charge on any atom is -0.508 e. The van der Waals surface area contributed by atoms with E-state index in [0.29, 0.717) is 43.7 Å². The fourth-order valence-corrected chi connectivity index (χ4v) is 5.13.